The highest BCUT2D eigenvalue weighted by molar-refractivity contribution is 7.99. The Morgan fingerprint density at radius 1 is 1.17 bits per heavy atom. The van der Waals surface area contributed by atoms with Crippen LogP contribution in [-0.2, 0) is 0 Å². The zero-order chi connectivity index (χ0) is 21.1. The van der Waals surface area contributed by atoms with Crippen molar-refractivity contribution in [3.05, 3.63) is 62.9 Å². The predicted molar refractivity (Wildman–Crippen MR) is 110 cm³/mol. The average molecular weight is 425 g/mol. The molecule has 0 saturated carbocycles. The average Bonchev–Trinajstić information content (AvgIpc) is 2.68. The van der Waals surface area contributed by atoms with Gasteiger partial charge in [0.25, 0.3) is 5.56 Å². The summed E-state index contributed by atoms with van der Waals surface area (Å²) in [5.74, 6) is 0.139. The highest BCUT2D eigenvalue weighted by Crippen LogP contribution is 2.44. The number of hydrogen-bond acceptors (Lipinski definition) is 7. The van der Waals surface area contributed by atoms with Crippen LogP contribution < -0.4 is 16.0 Å². The van der Waals surface area contributed by atoms with Crippen LogP contribution in [-0.4, -0.2) is 17.2 Å². The Kier molecular flexibility index (Phi) is 5.69. The molecule has 0 radical (unpaired) electrons. The van der Waals surface area contributed by atoms with Crippen molar-refractivity contribution in [2.24, 2.45) is 0 Å². The lowest BCUT2D eigenvalue weighted by Crippen LogP contribution is -2.16. The predicted octanol–water partition coefficient (Wildman–Crippen LogP) is 3.89. The number of nitrogens with two attached hydrogens (primary N) is 1. The van der Waals surface area contributed by atoms with Crippen molar-refractivity contribution in [1.29, 1.82) is 10.5 Å². The number of pyridine rings is 1. The van der Waals surface area contributed by atoms with Crippen LogP contribution in [0.25, 0.3) is 11.1 Å². The van der Waals surface area contributed by atoms with Crippen molar-refractivity contribution in [1.82, 2.24) is 4.98 Å². The van der Waals surface area contributed by atoms with Crippen molar-refractivity contribution in [2.75, 3.05) is 12.8 Å². The van der Waals surface area contributed by atoms with Crippen LogP contribution in [0.3, 0.4) is 0 Å². The zero-order valence-corrected chi connectivity index (χ0v) is 16.6. The van der Waals surface area contributed by atoms with E-state index in [1.807, 2.05) is 24.3 Å². The molecule has 3 rings (SSSR count). The Bertz CT molecular complexity index is 1240. The van der Waals surface area contributed by atoms with E-state index in [0.29, 0.717) is 10.6 Å². The van der Waals surface area contributed by atoms with Crippen molar-refractivity contribution in [3.63, 3.8) is 0 Å². The van der Waals surface area contributed by atoms with E-state index in [1.54, 1.807) is 25.3 Å². The van der Waals surface area contributed by atoms with Gasteiger partial charge in [-0.2, -0.15) is 10.5 Å². The molecule has 0 aliphatic carbocycles. The number of ether oxygens (including phenoxy) is 1. The number of para-hydroxylation sites is 1. The largest absolute Gasteiger partial charge is 0.507 e. The summed E-state index contributed by atoms with van der Waals surface area (Å²) < 4.78 is 5.32. The fraction of sp³-hybridized carbons (Fsp3) is 0.0500. The number of methoxy groups -OCH3 is 1. The van der Waals surface area contributed by atoms with Gasteiger partial charge < -0.3 is 20.6 Å². The Labute approximate surface area is 174 Å². The van der Waals surface area contributed by atoms with Crippen LogP contribution in [0.2, 0.25) is 5.02 Å². The summed E-state index contributed by atoms with van der Waals surface area (Å²) in [6.07, 6.45) is 0. The molecule has 29 heavy (non-hydrogen) atoms. The van der Waals surface area contributed by atoms with Gasteiger partial charge in [0.1, 0.15) is 40.6 Å². The van der Waals surface area contributed by atoms with E-state index in [0.717, 1.165) is 4.90 Å². The third kappa shape index (κ3) is 3.72. The molecule has 0 aliphatic heterocycles. The van der Waals surface area contributed by atoms with Gasteiger partial charge in [0.2, 0.25) is 0 Å². The molecule has 0 atom stereocenters. The number of phenolic OH excluding ortho intramolecular Hbond substituents is 1. The monoisotopic (exact) mass is 424 g/mol. The number of anilines is 1. The number of nitriles is 2. The zero-order valence-electron chi connectivity index (χ0n) is 15.0. The summed E-state index contributed by atoms with van der Waals surface area (Å²) in [6, 6.07) is 13.9. The van der Waals surface area contributed by atoms with Crippen LogP contribution >= 0.6 is 23.4 Å². The van der Waals surface area contributed by atoms with Gasteiger partial charge >= 0.3 is 0 Å². The maximum atomic E-state index is 12.1. The number of aromatic nitrogens is 1. The number of phenols is 1. The summed E-state index contributed by atoms with van der Waals surface area (Å²) in [6.45, 7) is 0. The van der Waals surface area contributed by atoms with Crippen LogP contribution in [0.1, 0.15) is 11.1 Å². The molecule has 9 heteroatoms. The minimum atomic E-state index is -0.776. The number of nitrogen functional groups attached to an aromatic ring is 1. The molecule has 0 fully saturated rings. The Morgan fingerprint density at radius 3 is 2.48 bits per heavy atom. The molecule has 0 bridgehead atoms. The smallest absolute Gasteiger partial charge is 0.268 e. The van der Waals surface area contributed by atoms with E-state index in [9.17, 15) is 20.4 Å². The van der Waals surface area contributed by atoms with Gasteiger partial charge in [-0.05, 0) is 24.3 Å². The molecule has 0 amide bonds. The third-order valence-electron chi connectivity index (χ3n) is 4.06. The van der Waals surface area contributed by atoms with Crippen molar-refractivity contribution < 1.29 is 9.84 Å². The Hall–Kier alpha value is -3.59. The SMILES string of the molecule is COc1ccccc1Sc1cc(O)c(-c2c(C#N)c(N)[nH]c(=O)c2C#N)c(Cl)c1. The topological polar surface area (TPSA) is 136 Å². The number of nitrogens with one attached hydrogen (secondary N) is 1. The lowest BCUT2D eigenvalue weighted by molar-refractivity contribution is 0.405. The van der Waals surface area contributed by atoms with Crippen molar-refractivity contribution in [3.8, 4) is 34.8 Å². The number of halogens is 1. The molecule has 7 nitrogen and oxygen atoms in total. The van der Waals surface area contributed by atoms with Crippen LogP contribution in [0.4, 0.5) is 5.82 Å². The van der Waals surface area contributed by atoms with Gasteiger partial charge in [0.05, 0.1) is 17.0 Å². The number of benzene rings is 2. The van der Waals surface area contributed by atoms with Crippen LogP contribution in [0.5, 0.6) is 11.5 Å². The standard InChI is InChI=1S/C20H13ClN4O3S/c1-28-15-4-2-3-5-16(15)29-10-6-13(21)18(14(26)7-10)17-11(8-22)19(24)25-20(27)12(17)9-23/h2-7,26H,1H3,(H3,24,25,27). The van der Waals surface area contributed by atoms with E-state index in [-0.39, 0.29) is 38.8 Å². The number of hydrogen-bond donors (Lipinski definition) is 3. The fourth-order valence-electron chi connectivity index (χ4n) is 2.80. The minimum Gasteiger partial charge on any atom is -0.507 e. The van der Waals surface area contributed by atoms with Gasteiger partial charge in [-0.1, -0.05) is 35.5 Å². The highest BCUT2D eigenvalue weighted by atomic mass is 35.5. The molecule has 0 saturated heterocycles. The number of aromatic amines is 1. The molecule has 0 spiro atoms. The maximum Gasteiger partial charge on any atom is 0.268 e. The second kappa shape index (κ2) is 8.19. The summed E-state index contributed by atoms with van der Waals surface area (Å²) in [5, 5.41) is 29.6. The molecule has 0 unspecified atom stereocenters. The lowest BCUT2D eigenvalue weighted by atomic mass is 9.96. The first-order valence-electron chi connectivity index (χ1n) is 8.11. The van der Waals surface area contributed by atoms with E-state index >= 15 is 0 Å². The quantitative estimate of drug-likeness (QED) is 0.577. The molecule has 0 aliphatic rings. The van der Waals surface area contributed by atoms with Crippen molar-refractivity contribution >= 4 is 29.2 Å². The van der Waals surface area contributed by atoms with Gasteiger partial charge in [-0.15, -0.1) is 0 Å². The van der Waals surface area contributed by atoms with E-state index < -0.39 is 5.56 Å². The molecule has 1 aromatic heterocycles. The number of nitrogens with zero attached hydrogens (tertiary/aromatic N) is 2. The lowest BCUT2D eigenvalue weighted by Gasteiger charge is -2.14. The Morgan fingerprint density at radius 2 is 1.86 bits per heavy atom. The maximum absolute atomic E-state index is 12.1. The van der Waals surface area contributed by atoms with Gasteiger partial charge in [-0.3, -0.25) is 4.79 Å². The van der Waals surface area contributed by atoms with Gasteiger partial charge in [0.15, 0.2) is 0 Å². The second-order valence-electron chi connectivity index (χ2n) is 5.77. The van der Waals surface area contributed by atoms with E-state index in [1.165, 1.54) is 17.8 Å². The fourth-order valence-corrected chi connectivity index (χ4v) is 4.17. The molecular formula is C20H13ClN4O3S. The molecule has 2 aromatic carbocycles. The second-order valence-corrected chi connectivity index (χ2v) is 7.29. The third-order valence-corrected chi connectivity index (χ3v) is 5.38. The first-order chi connectivity index (χ1) is 13.9. The molecule has 3 aromatic rings. The molecule has 4 N–H and O–H groups in total. The minimum absolute atomic E-state index is 0.0121. The summed E-state index contributed by atoms with van der Waals surface area (Å²) in [7, 11) is 1.55. The molecular weight excluding hydrogens is 412 g/mol. The van der Waals surface area contributed by atoms with Crippen molar-refractivity contribution in [2.45, 2.75) is 9.79 Å². The van der Waals surface area contributed by atoms with E-state index in [4.69, 9.17) is 22.1 Å². The number of aromatic hydroxyl groups is 1. The number of rotatable bonds is 4. The molecule has 144 valence electrons. The summed E-state index contributed by atoms with van der Waals surface area (Å²) in [4.78, 5) is 15.8. The molecule has 1 heterocycles. The summed E-state index contributed by atoms with van der Waals surface area (Å²) >= 11 is 7.70. The van der Waals surface area contributed by atoms with Crippen LogP contribution in [0, 0.1) is 22.7 Å². The Balaban J connectivity index is 2.19. The first-order valence-corrected chi connectivity index (χ1v) is 9.30. The van der Waals surface area contributed by atoms with E-state index in [2.05, 4.69) is 4.98 Å². The van der Waals surface area contributed by atoms with Crippen LogP contribution in [0.15, 0.2) is 51.0 Å². The first kappa shape index (κ1) is 20.2. The summed E-state index contributed by atoms with van der Waals surface area (Å²) in [5.41, 5.74) is 4.32. The van der Waals surface area contributed by atoms with Gasteiger partial charge in [0, 0.05) is 16.0 Å². The highest BCUT2D eigenvalue weighted by Gasteiger charge is 2.23. The number of H-pyrrole nitrogens is 1. The van der Waals surface area contributed by atoms with Gasteiger partial charge in [-0.25, -0.2) is 0 Å². The normalized spacial score (nSPS) is 10.2.